The minimum atomic E-state index is -0.00259. The summed E-state index contributed by atoms with van der Waals surface area (Å²) in [6, 6.07) is 11.3. The molecule has 0 spiro atoms. The molecule has 1 N–H and O–H groups in total. The zero-order valence-corrected chi connectivity index (χ0v) is 18.8. The van der Waals surface area contributed by atoms with Crippen LogP contribution in [0.15, 0.2) is 48.8 Å². The number of rotatable bonds is 6. The molecule has 1 saturated heterocycles. The second kappa shape index (κ2) is 9.62. The monoisotopic (exact) mass is 465 g/mol. The molecular formula is C24H24ClN5O3. The third kappa shape index (κ3) is 5.01. The molecule has 9 heteroatoms. The number of nitrogens with one attached hydrogen (secondary N) is 1. The average molecular weight is 466 g/mol. The van der Waals surface area contributed by atoms with Crippen LogP contribution in [0.25, 0.3) is 11.4 Å². The maximum Gasteiger partial charge on any atom is 0.231 e. The minimum Gasteiger partial charge on any atom is -0.454 e. The van der Waals surface area contributed by atoms with Gasteiger partial charge in [0, 0.05) is 49.6 Å². The van der Waals surface area contributed by atoms with Crippen molar-refractivity contribution < 1.29 is 14.3 Å². The standard InChI is InChI=1S/C24H24ClN5O3/c25-21-12-22(29-24(28-21)17-4-3-8-26-14-17)30-9-2-1-5-18(30)11-23(31)27-13-16-6-7-19-20(10-16)33-15-32-19/h3-4,6-8,10,12,14,18H,1-2,5,9,11,13,15H2,(H,27,31). The smallest absolute Gasteiger partial charge is 0.231 e. The number of carbonyl (C=O) groups excluding carboxylic acids is 1. The molecule has 1 fully saturated rings. The molecule has 33 heavy (non-hydrogen) atoms. The zero-order valence-electron chi connectivity index (χ0n) is 18.0. The molecule has 0 saturated carbocycles. The highest BCUT2D eigenvalue weighted by atomic mass is 35.5. The van der Waals surface area contributed by atoms with Gasteiger partial charge >= 0.3 is 0 Å². The Morgan fingerprint density at radius 2 is 2.06 bits per heavy atom. The predicted octanol–water partition coefficient (Wildman–Crippen LogP) is 3.99. The van der Waals surface area contributed by atoms with Crippen molar-refractivity contribution in [3.05, 3.63) is 59.5 Å². The SMILES string of the molecule is O=C(CC1CCCCN1c1cc(Cl)nc(-c2cccnc2)n1)NCc1ccc2c(c1)OCO2. The van der Waals surface area contributed by atoms with Crippen LogP contribution in [0.2, 0.25) is 5.15 Å². The summed E-state index contributed by atoms with van der Waals surface area (Å²) in [6.07, 6.45) is 6.84. The van der Waals surface area contributed by atoms with Crippen LogP contribution < -0.4 is 19.7 Å². The van der Waals surface area contributed by atoms with E-state index in [-0.39, 0.29) is 18.7 Å². The second-order valence-electron chi connectivity index (χ2n) is 8.13. The van der Waals surface area contributed by atoms with E-state index in [1.807, 2.05) is 30.3 Å². The van der Waals surface area contributed by atoms with Gasteiger partial charge in [-0.3, -0.25) is 9.78 Å². The number of aromatic nitrogens is 3. The van der Waals surface area contributed by atoms with Gasteiger partial charge < -0.3 is 19.7 Å². The van der Waals surface area contributed by atoms with Crippen LogP contribution >= 0.6 is 11.6 Å². The van der Waals surface area contributed by atoms with Gasteiger partial charge in [0.25, 0.3) is 0 Å². The highest BCUT2D eigenvalue weighted by Gasteiger charge is 2.27. The first-order valence-electron chi connectivity index (χ1n) is 11.0. The molecule has 4 heterocycles. The topological polar surface area (TPSA) is 89.5 Å². The molecule has 0 bridgehead atoms. The number of piperidine rings is 1. The number of fused-ring (bicyclic) bond motifs is 1. The molecule has 1 unspecified atom stereocenters. The number of hydrogen-bond donors (Lipinski definition) is 1. The highest BCUT2D eigenvalue weighted by Crippen LogP contribution is 2.32. The van der Waals surface area contributed by atoms with Gasteiger partial charge in [0.2, 0.25) is 12.7 Å². The van der Waals surface area contributed by atoms with Crippen LogP contribution in [-0.4, -0.2) is 40.2 Å². The van der Waals surface area contributed by atoms with Gasteiger partial charge in [-0.05, 0) is 49.1 Å². The Hall–Kier alpha value is -3.39. The van der Waals surface area contributed by atoms with E-state index in [2.05, 4.69) is 20.2 Å². The fourth-order valence-corrected chi connectivity index (χ4v) is 4.41. The van der Waals surface area contributed by atoms with Crippen molar-refractivity contribution in [2.45, 2.75) is 38.3 Å². The summed E-state index contributed by atoms with van der Waals surface area (Å²) >= 11 is 6.33. The Morgan fingerprint density at radius 1 is 1.15 bits per heavy atom. The largest absolute Gasteiger partial charge is 0.454 e. The molecule has 0 radical (unpaired) electrons. The first kappa shape index (κ1) is 21.5. The second-order valence-corrected chi connectivity index (χ2v) is 8.51. The van der Waals surface area contributed by atoms with Crippen LogP contribution in [0, 0.1) is 0 Å². The Bertz CT molecular complexity index is 1140. The Balaban J connectivity index is 1.27. The van der Waals surface area contributed by atoms with Crippen LogP contribution in [-0.2, 0) is 11.3 Å². The van der Waals surface area contributed by atoms with E-state index in [0.717, 1.165) is 48.5 Å². The van der Waals surface area contributed by atoms with Crippen molar-refractivity contribution in [2.75, 3.05) is 18.2 Å². The lowest BCUT2D eigenvalue weighted by atomic mass is 9.99. The summed E-state index contributed by atoms with van der Waals surface area (Å²) in [5.41, 5.74) is 1.77. The van der Waals surface area contributed by atoms with E-state index in [1.165, 1.54) is 0 Å². The van der Waals surface area contributed by atoms with E-state index in [9.17, 15) is 4.79 Å². The number of hydrogen-bond acceptors (Lipinski definition) is 7. The lowest BCUT2D eigenvalue weighted by Gasteiger charge is -2.36. The van der Waals surface area contributed by atoms with Crippen molar-refractivity contribution in [1.29, 1.82) is 0 Å². The molecule has 1 amide bonds. The normalized spacial score (nSPS) is 17.1. The van der Waals surface area contributed by atoms with Crippen molar-refractivity contribution in [1.82, 2.24) is 20.3 Å². The summed E-state index contributed by atoms with van der Waals surface area (Å²) in [7, 11) is 0. The van der Waals surface area contributed by atoms with Crippen molar-refractivity contribution in [3.63, 3.8) is 0 Å². The molecule has 2 aromatic heterocycles. The first-order valence-corrected chi connectivity index (χ1v) is 11.4. The third-order valence-corrected chi connectivity index (χ3v) is 6.06. The van der Waals surface area contributed by atoms with Gasteiger partial charge in [0.05, 0.1) is 0 Å². The summed E-state index contributed by atoms with van der Waals surface area (Å²) in [5, 5.41) is 3.40. The maximum absolute atomic E-state index is 12.8. The summed E-state index contributed by atoms with van der Waals surface area (Å²) in [5.74, 6) is 2.71. The number of benzene rings is 1. The minimum absolute atomic E-state index is 0.00259. The van der Waals surface area contributed by atoms with Gasteiger partial charge in [-0.25, -0.2) is 9.97 Å². The molecule has 3 aromatic rings. The number of carbonyl (C=O) groups is 1. The lowest BCUT2D eigenvalue weighted by molar-refractivity contribution is -0.121. The van der Waals surface area contributed by atoms with Gasteiger partial charge in [0.15, 0.2) is 17.3 Å². The van der Waals surface area contributed by atoms with E-state index in [4.69, 9.17) is 26.1 Å². The third-order valence-electron chi connectivity index (χ3n) is 5.87. The summed E-state index contributed by atoms with van der Waals surface area (Å²) < 4.78 is 10.8. The van der Waals surface area contributed by atoms with Gasteiger partial charge in [-0.1, -0.05) is 17.7 Å². The first-order chi connectivity index (χ1) is 16.2. The molecular weight excluding hydrogens is 442 g/mol. The van der Waals surface area contributed by atoms with E-state index < -0.39 is 0 Å². The lowest BCUT2D eigenvalue weighted by Crippen LogP contribution is -2.43. The Morgan fingerprint density at radius 3 is 2.94 bits per heavy atom. The molecule has 5 rings (SSSR count). The summed E-state index contributed by atoms with van der Waals surface area (Å²) in [4.78, 5) is 28.2. The molecule has 2 aliphatic heterocycles. The van der Waals surface area contributed by atoms with E-state index in [1.54, 1.807) is 18.5 Å². The molecule has 1 aromatic carbocycles. The maximum atomic E-state index is 12.8. The Labute approximate surface area is 196 Å². The highest BCUT2D eigenvalue weighted by molar-refractivity contribution is 6.29. The molecule has 0 aliphatic carbocycles. The molecule has 2 aliphatic rings. The number of pyridine rings is 1. The fourth-order valence-electron chi connectivity index (χ4n) is 4.23. The van der Waals surface area contributed by atoms with Gasteiger partial charge in [-0.15, -0.1) is 0 Å². The molecule has 170 valence electrons. The van der Waals surface area contributed by atoms with Gasteiger partial charge in [-0.2, -0.15) is 0 Å². The molecule has 8 nitrogen and oxygen atoms in total. The zero-order chi connectivity index (χ0) is 22.6. The van der Waals surface area contributed by atoms with E-state index >= 15 is 0 Å². The van der Waals surface area contributed by atoms with Crippen LogP contribution in [0.1, 0.15) is 31.2 Å². The van der Waals surface area contributed by atoms with Crippen molar-refractivity contribution >= 4 is 23.3 Å². The van der Waals surface area contributed by atoms with Crippen LogP contribution in [0.3, 0.4) is 0 Å². The van der Waals surface area contributed by atoms with Crippen LogP contribution in [0.4, 0.5) is 5.82 Å². The van der Waals surface area contributed by atoms with Gasteiger partial charge in [0.1, 0.15) is 11.0 Å². The summed E-state index contributed by atoms with van der Waals surface area (Å²) in [6.45, 7) is 1.49. The fraction of sp³-hybridized carbons (Fsp3) is 0.333. The van der Waals surface area contributed by atoms with Crippen LogP contribution in [0.5, 0.6) is 11.5 Å². The Kier molecular flexibility index (Phi) is 6.26. The van der Waals surface area contributed by atoms with Crippen molar-refractivity contribution in [2.24, 2.45) is 0 Å². The van der Waals surface area contributed by atoms with E-state index in [0.29, 0.717) is 29.7 Å². The average Bonchev–Trinajstić information content (AvgIpc) is 3.31. The van der Waals surface area contributed by atoms with Crippen molar-refractivity contribution in [3.8, 4) is 22.9 Å². The number of halogens is 1. The quantitative estimate of drug-likeness (QED) is 0.550. The molecule has 1 atom stereocenters. The number of anilines is 1. The number of nitrogens with zero attached hydrogens (tertiary/aromatic N) is 4. The predicted molar refractivity (Wildman–Crippen MR) is 124 cm³/mol. The number of amides is 1. The number of ether oxygens (including phenoxy) is 2.